The fourth-order valence-electron chi connectivity index (χ4n) is 2.20. The Bertz CT molecular complexity index is 536. The van der Waals surface area contributed by atoms with Gasteiger partial charge in [-0.05, 0) is 31.6 Å². The second-order valence-corrected chi connectivity index (χ2v) is 6.07. The Morgan fingerprint density at radius 2 is 2.05 bits per heavy atom. The molecule has 0 unspecified atom stereocenters. The largest absolute Gasteiger partial charge is 0.313 e. The van der Waals surface area contributed by atoms with Crippen molar-refractivity contribution in [1.29, 1.82) is 0 Å². The Labute approximate surface area is 125 Å². The van der Waals surface area contributed by atoms with E-state index in [-0.39, 0.29) is 0 Å². The van der Waals surface area contributed by atoms with E-state index in [1.54, 1.807) is 11.3 Å². The molecular weight excluding hydrogens is 266 g/mol. The van der Waals surface area contributed by atoms with E-state index in [1.807, 2.05) is 5.51 Å². The molecular formula is C16H23N3S. The molecule has 1 heterocycles. The zero-order valence-electron chi connectivity index (χ0n) is 12.5. The van der Waals surface area contributed by atoms with Crippen molar-refractivity contribution in [3.63, 3.8) is 0 Å². The highest BCUT2D eigenvalue weighted by Gasteiger charge is 2.06. The molecule has 1 aromatic carbocycles. The van der Waals surface area contributed by atoms with Crippen LogP contribution in [0.5, 0.6) is 0 Å². The van der Waals surface area contributed by atoms with Crippen LogP contribution in [-0.2, 0) is 19.6 Å². The summed E-state index contributed by atoms with van der Waals surface area (Å²) in [5, 5.41) is 3.37. The van der Waals surface area contributed by atoms with Gasteiger partial charge in [0.2, 0.25) is 0 Å². The highest BCUT2D eigenvalue weighted by atomic mass is 32.1. The summed E-state index contributed by atoms with van der Waals surface area (Å²) in [5.41, 5.74) is 5.80. The van der Waals surface area contributed by atoms with Crippen LogP contribution in [0.25, 0.3) is 0 Å². The van der Waals surface area contributed by atoms with Crippen LogP contribution in [0.1, 0.15) is 28.6 Å². The highest BCUT2D eigenvalue weighted by Crippen LogP contribution is 2.16. The zero-order valence-corrected chi connectivity index (χ0v) is 13.3. The maximum atomic E-state index is 4.31. The van der Waals surface area contributed by atoms with Gasteiger partial charge in [-0.15, -0.1) is 11.3 Å². The van der Waals surface area contributed by atoms with Crippen LogP contribution in [0, 0.1) is 6.92 Å². The molecule has 108 valence electrons. The van der Waals surface area contributed by atoms with E-state index in [0.717, 1.165) is 31.9 Å². The van der Waals surface area contributed by atoms with Crippen molar-refractivity contribution in [1.82, 2.24) is 15.2 Å². The van der Waals surface area contributed by atoms with Gasteiger partial charge in [0.15, 0.2) is 0 Å². The minimum Gasteiger partial charge on any atom is -0.313 e. The van der Waals surface area contributed by atoms with Gasteiger partial charge in [-0.1, -0.05) is 31.2 Å². The van der Waals surface area contributed by atoms with Crippen LogP contribution in [0.4, 0.5) is 0 Å². The first-order chi connectivity index (χ1) is 9.69. The molecule has 20 heavy (non-hydrogen) atoms. The highest BCUT2D eigenvalue weighted by molar-refractivity contribution is 7.09. The first-order valence-electron chi connectivity index (χ1n) is 7.05. The van der Waals surface area contributed by atoms with Crippen LogP contribution in [0.3, 0.4) is 0 Å². The average Bonchev–Trinajstić information content (AvgIpc) is 2.82. The van der Waals surface area contributed by atoms with E-state index in [2.05, 4.69) is 60.4 Å². The average molecular weight is 289 g/mol. The summed E-state index contributed by atoms with van der Waals surface area (Å²) in [5.74, 6) is 0. The molecule has 0 atom stereocenters. The normalized spacial score (nSPS) is 11.2. The SMILES string of the molecule is CCNCc1cccc(CN(C)Cc2scnc2C)c1. The van der Waals surface area contributed by atoms with Crippen molar-refractivity contribution in [3.8, 4) is 0 Å². The predicted octanol–water partition coefficient (Wildman–Crippen LogP) is 3.19. The second-order valence-electron chi connectivity index (χ2n) is 5.13. The van der Waals surface area contributed by atoms with Gasteiger partial charge in [0.1, 0.15) is 0 Å². The topological polar surface area (TPSA) is 28.2 Å². The molecule has 0 saturated carbocycles. The standard InChI is InChI=1S/C16H23N3S/c1-4-17-9-14-6-5-7-15(8-14)10-19(3)11-16-13(2)18-12-20-16/h5-8,12,17H,4,9-11H2,1-3H3. The molecule has 2 aromatic rings. The molecule has 3 nitrogen and oxygen atoms in total. The van der Waals surface area contributed by atoms with Crippen LogP contribution in [-0.4, -0.2) is 23.5 Å². The maximum Gasteiger partial charge on any atom is 0.0798 e. The number of benzene rings is 1. The molecule has 0 saturated heterocycles. The van der Waals surface area contributed by atoms with E-state index in [1.165, 1.54) is 16.0 Å². The molecule has 0 spiro atoms. The lowest BCUT2D eigenvalue weighted by Crippen LogP contribution is -2.17. The lowest BCUT2D eigenvalue weighted by atomic mass is 10.1. The Balaban J connectivity index is 1.93. The van der Waals surface area contributed by atoms with Crippen molar-refractivity contribution >= 4 is 11.3 Å². The van der Waals surface area contributed by atoms with Crippen molar-refractivity contribution in [2.75, 3.05) is 13.6 Å². The third-order valence-electron chi connectivity index (χ3n) is 3.28. The van der Waals surface area contributed by atoms with E-state index in [9.17, 15) is 0 Å². The molecule has 0 amide bonds. The molecule has 0 fully saturated rings. The summed E-state index contributed by atoms with van der Waals surface area (Å²) in [4.78, 5) is 8.01. The van der Waals surface area contributed by atoms with E-state index in [4.69, 9.17) is 0 Å². The predicted molar refractivity (Wildman–Crippen MR) is 85.8 cm³/mol. The van der Waals surface area contributed by atoms with Gasteiger partial charge in [0.25, 0.3) is 0 Å². The fraction of sp³-hybridized carbons (Fsp3) is 0.438. The van der Waals surface area contributed by atoms with Gasteiger partial charge in [0, 0.05) is 24.5 Å². The third-order valence-corrected chi connectivity index (χ3v) is 4.20. The van der Waals surface area contributed by atoms with Gasteiger partial charge in [-0.3, -0.25) is 4.90 Å². The van der Waals surface area contributed by atoms with Gasteiger partial charge in [-0.25, -0.2) is 4.98 Å². The molecule has 0 aliphatic rings. The van der Waals surface area contributed by atoms with Crippen LogP contribution in [0.2, 0.25) is 0 Å². The molecule has 2 rings (SSSR count). The number of hydrogen-bond acceptors (Lipinski definition) is 4. The number of nitrogens with one attached hydrogen (secondary N) is 1. The van der Waals surface area contributed by atoms with E-state index >= 15 is 0 Å². The lowest BCUT2D eigenvalue weighted by Gasteiger charge is -2.16. The smallest absolute Gasteiger partial charge is 0.0798 e. The molecule has 0 radical (unpaired) electrons. The number of rotatable bonds is 7. The summed E-state index contributed by atoms with van der Waals surface area (Å²) < 4.78 is 0. The molecule has 4 heteroatoms. The first-order valence-corrected chi connectivity index (χ1v) is 7.93. The second kappa shape index (κ2) is 7.53. The number of thiazole rings is 1. The number of aryl methyl sites for hydroxylation is 1. The zero-order chi connectivity index (χ0) is 14.4. The van der Waals surface area contributed by atoms with Gasteiger partial charge in [-0.2, -0.15) is 0 Å². The lowest BCUT2D eigenvalue weighted by molar-refractivity contribution is 0.321. The minimum atomic E-state index is 0.946. The quantitative estimate of drug-likeness (QED) is 0.848. The van der Waals surface area contributed by atoms with Gasteiger partial charge in [0.05, 0.1) is 11.2 Å². The van der Waals surface area contributed by atoms with Crippen molar-refractivity contribution in [3.05, 3.63) is 51.5 Å². The number of aromatic nitrogens is 1. The molecule has 0 bridgehead atoms. The fourth-order valence-corrected chi connectivity index (χ4v) is 3.05. The third kappa shape index (κ3) is 4.40. The first kappa shape index (κ1) is 15.2. The molecule has 1 N–H and O–H groups in total. The Morgan fingerprint density at radius 3 is 2.75 bits per heavy atom. The summed E-state index contributed by atoms with van der Waals surface area (Å²) in [6.45, 7) is 8.10. The van der Waals surface area contributed by atoms with Crippen LogP contribution in [0.15, 0.2) is 29.8 Å². The van der Waals surface area contributed by atoms with Gasteiger partial charge < -0.3 is 5.32 Å². The van der Waals surface area contributed by atoms with Crippen LogP contribution < -0.4 is 5.32 Å². The summed E-state index contributed by atoms with van der Waals surface area (Å²) in [6, 6.07) is 8.82. The Hall–Kier alpha value is -1.23. The molecule has 0 aliphatic carbocycles. The Morgan fingerprint density at radius 1 is 1.25 bits per heavy atom. The van der Waals surface area contributed by atoms with Crippen molar-refractivity contribution in [2.45, 2.75) is 33.5 Å². The van der Waals surface area contributed by atoms with E-state index in [0.29, 0.717) is 0 Å². The number of nitrogens with zero attached hydrogens (tertiary/aromatic N) is 2. The Kier molecular flexibility index (Phi) is 5.71. The summed E-state index contributed by atoms with van der Waals surface area (Å²) in [7, 11) is 2.16. The minimum absolute atomic E-state index is 0.946. The summed E-state index contributed by atoms with van der Waals surface area (Å²) >= 11 is 1.74. The molecule has 0 aliphatic heterocycles. The number of hydrogen-bond donors (Lipinski definition) is 1. The van der Waals surface area contributed by atoms with Gasteiger partial charge >= 0.3 is 0 Å². The van der Waals surface area contributed by atoms with E-state index < -0.39 is 0 Å². The summed E-state index contributed by atoms with van der Waals surface area (Å²) in [6.07, 6.45) is 0. The maximum absolute atomic E-state index is 4.31. The van der Waals surface area contributed by atoms with Crippen molar-refractivity contribution in [2.24, 2.45) is 0 Å². The van der Waals surface area contributed by atoms with Crippen LogP contribution >= 0.6 is 11.3 Å². The van der Waals surface area contributed by atoms with Crippen molar-refractivity contribution < 1.29 is 0 Å². The monoisotopic (exact) mass is 289 g/mol. The molecule has 1 aromatic heterocycles.